The molecule has 0 aliphatic carbocycles. The molecule has 2 fully saturated rings. The van der Waals surface area contributed by atoms with Crippen LogP contribution >= 0.6 is 0 Å². The van der Waals surface area contributed by atoms with E-state index in [4.69, 9.17) is 0 Å². The van der Waals surface area contributed by atoms with E-state index in [1.807, 2.05) is 29.2 Å². The van der Waals surface area contributed by atoms with Gasteiger partial charge in [0.05, 0.1) is 0 Å². The summed E-state index contributed by atoms with van der Waals surface area (Å²) in [6.45, 7) is 5.89. The summed E-state index contributed by atoms with van der Waals surface area (Å²) >= 11 is 0. The fourth-order valence-electron chi connectivity index (χ4n) is 3.98. The topological polar surface area (TPSA) is 65.5 Å². The molecule has 2 aliphatic heterocycles. The zero-order valence-corrected chi connectivity index (χ0v) is 16.9. The Morgan fingerprint density at radius 1 is 0.931 bits per heavy atom. The summed E-state index contributed by atoms with van der Waals surface area (Å²) in [7, 11) is 0. The second-order valence-corrected chi connectivity index (χ2v) is 8.08. The van der Waals surface area contributed by atoms with E-state index in [2.05, 4.69) is 22.1 Å². The van der Waals surface area contributed by atoms with Gasteiger partial charge in [-0.2, -0.15) is 0 Å². The van der Waals surface area contributed by atoms with Gasteiger partial charge >= 0.3 is 0 Å². The Morgan fingerprint density at radius 3 is 2.28 bits per heavy atom. The minimum absolute atomic E-state index is 0.0958. The van der Waals surface area contributed by atoms with Crippen molar-refractivity contribution in [3.8, 4) is 0 Å². The first-order chi connectivity index (χ1) is 14.1. The highest BCUT2D eigenvalue weighted by atomic mass is 16.2. The number of likely N-dealkylation sites (tertiary alicyclic amines) is 1. The van der Waals surface area contributed by atoms with Gasteiger partial charge in [0, 0.05) is 37.6 Å². The van der Waals surface area contributed by atoms with Crippen LogP contribution in [-0.4, -0.2) is 47.9 Å². The van der Waals surface area contributed by atoms with E-state index in [1.165, 1.54) is 18.5 Å². The summed E-state index contributed by atoms with van der Waals surface area (Å²) in [4.78, 5) is 33.9. The van der Waals surface area contributed by atoms with Crippen LogP contribution in [0.4, 0.5) is 11.4 Å². The molecular weight excluding hydrogens is 364 g/mol. The van der Waals surface area contributed by atoms with Gasteiger partial charge in [-0.15, -0.1) is 0 Å². The number of amides is 2. The molecule has 0 atom stereocenters. The van der Waals surface area contributed by atoms with Crippen LogP contribution in [0.5, 0.6) is 0 Å². The lowest BCUT2D eigenvalue weighted by atomic mass is 9.99. The lowest BCUT2D eigenvalue weighted by Gasteiger charge is -2.30. The molecule has 2 amide bonds. The summed E-state index contributed by atoms with van der Waals surface area (Å²) in [5.41, 5.74) is 2.49. The van der Waals surface area contributed by atoms with Crippen molar-refractivity contribution < 1.29 is 9.59 Å². The van der Waals surface area contributed by atoms with Gasteiger partial charge in [0.25, 0.3) is 11.8 Å². The van der Waals surface area contributed by atoms with E-state index < -0.39 is 0 Å². The van der Waals surface area contributed by atoms with Crippen molar-refractivity contribution in [3.05, 3.63) is 53.9 Å². The van der Waals surface area contributed by atoms with E-state index in [-0.39, 0.29) is 17.5 Å². The maximum absolute atomic E-state index is 12.7. The lowest BCUT2D eigenvalue weighted by molar-refractivity contribution is 0.0691. The summed E-state index contributed by atoms with van der Waals surface area (Å²) in [5.74, 6) is 0.253. The van der Waals surface area contributed by atoms with Gasteiger partial charge in [0.15, 0.2) is 0 Å². The normalized spacial score (nSPS) is 17.4. The van der Waals surface area contributed by atoms with Crippen LogP contribution in [0, 0.1) is 5.92 Å². The molecule has 152 valence electrons. The number of pyridine rings is 1. The first-order valence-corrected chi connectivity index (χ1v) is 10.5. The number of hydrogen-bond acceptors (Lipinski definition) is 4. The third-order valence-electron chi connectivity index (χ3n) is 5.87. The van der Waals surface area contributed by atoms with Crippen molar-refractivity contribution in [2.45, 2.75) is 32.6 Å². The monoisotopic (exact) mass is 392 g/mol. The highest BCUT2D eigenvalue weighted by molar-refractivity contribution is 6.04. The van der Waals surface area contributed by atoms with E-state index in [0.29, 0.717) is 11.6 Å². The quantitative estimate of drug-likeness (QED) is 0.859. The molecule has 0 spiro atoms. The average Bonchev–Trinajstić information content (AvgIpc) is 3.29. The highest BCUT2D eigenvalue weighted by Crippen LogP contribution is 2.22. The SMILES string of the molecule is CC1CCN(C(=O)c2cccc(C(=O)Nc3ccc(N4CCCC4)cc3)n2)CC1. The summed E-state index contributed by atoms with van der Waals surface area (Å²) in [5, 5.41) is 2.88. The van der Waals surface area contributed by atoms with Crippen LogP contribution in [0.2, 0.25) is 0 Å². The molecule has 2 aromatic rings. The molecule has 1 aromatic carbocycles. The van der Waals surface area contributed by atoms with Crippen molar-refractivity contribution in [1.29, 1.82) is 0 Å². The molecule has 2 saturated heterocycles. The van der Waals surface area contributed by atoms with Crippen LogP contribution in [0.3, 0.4) is 0 Å². The van der Waals surface area contributed by atoms with Crippen LogP contribution in [0.1, 0.15) is 53.6 Å². The van der Waals surface area contributed by atoms with Crippen LogP contribution in [-0.2, 0) is 0 Å². The fourth-order valence-corrected chi connectivity index (χ4v) is 3.98. The first-order valence-electron chi connectivity index (χ1n) is 10.5. The van der Waals surface area contributed by atoms with E-state index in [0.717, 1.165) is 44.7 Å². The third kappa shape index (κ3) is 4.58. The fraction of sp³-hybridized carbons (Fsp3) is 0.435. The predicted octanol–water partition coefficient (Wildman–Crippen LogP) is 3.81. The van der Waals surface area contributed by atoms with Crippen molar-refractivity contribution in [2.24, 2.45) is 5.92 Å². The number of piperidine rings is 1. The number of nitrogens with one attached hydrogen (secondary N) is 1. The standard InChI is InChI=1S/C23H28N4O2/c1-17-11-15-27(16-12-17)23(29)21-6-4-5-20(25-21)22(28)24-18-7-9-19(10-8-18)26-13-2-3-14-26/h4-10,17H,2-3,11-16H2,1H3,(H,24,28). The van der Waals surface area contributed by atoms with E-state index in [9.17, 15) is 9.59 Å². The summed E-state index contributed by atoms with van der Waals surface area (Å²) < 4.78 is 0. The van der Waals surface area contributed by atoms with Gasteiger partial charge in [-0.3, -0.25) is 9.59 Å². The van der Waals surface area contributed by atoms with Crippen LogP contribution in [0.15, 0.2) is 42.5 Å². The Kier molecular flexibility index (Phi) is 5.79. The van der Waals surface area contributed by atoms with Gasteiger partial charge in [-0.05, 0) is 68.0 Å². The molecule has 6 heteroatoms. The molecule has 0 bridgehead atoms. The van der Waals surface area contributed by atoms with Crippen molar-refractivity contribution in [2.75, 3.05) is 36.4 Å². The maximum Gasteiger partial charge on any atom is 0.274 e. The van der Waals surface area contributed by atoms with Gasteiger partial charge in [-0.25, -0.2) is 4.98 Å². The minimum Gasteiger partial charge on any atom is -0.372 e. The Bertz CT molecular complexity index is 867. The average molecular weight is 393 g/mol. The van der Waals surface area contributed by atoms with Crippen molar-refractivity contribution in [3.63, 3.8) is 0 Å². The zero-order valence-electron chi connectivity index (χ0n) is 16.9. The predicted molar refractivity (Wildman–Crippen MR) is 114 cm³/mol. The number of carbonyl (C=O) groups is 2. The minimum atomic E-state index is -0.305. The second kappa shape index (κ2) is 8.64. The molecule has 0 radical (unpaired) electrons. The molecule has 0 saturated carbocycles. The largest absolute Gasteiger partial charge is 0.372 e. The molecule has 29 heavy (non-hydrogen) atoms. The number of aromatic nitrogens is 1. The van der Waals surface area contributed by atoms with Gasteiger partial charge in [0.1, 0.15) is 11.4 Å². The first kappa shape index (κ1) is 19.4. The van der Waals surface area contributed by atoms with Gasteiger partial charge in [0.2, 0.25) is 0 Å². The number of rotatable bonds is 4. The zero-order chi connectivity index (χ0) is 20.2. The number of anilines is 2. The smallest absolute Gasteiger partial charge is 0.274 e. The molecule has 2 aliphatic rings. The number of hydrogen-bond donors (Lipinski definition) is 1. The number of carbonyl (C=O) groups excluding carboxylic acids is 2. The van der Waals surface area contributed by atoms with E-state index >= 15 is 0 Å². The van der Waals surface area contributed by atoms with E-state index in [1.54, 1.807) is 18.2 Å². The molecule has 4 rings (SSSR count). The lowest BCUT2D eigenvalue weighted by Crippen LogP contribution is -2.38. The Morgan fingerprint density at radius 2 is 1.59 bits per heavy atom. The molecule has 6 nitrogen and oxygen atoms in total. The van der Waals surface area contributed by atoms with Crippen molar-refractivity contribution >= 4 is 23.2 Å². The Hall–Kier alpha value is -2.89. The molecule has 1 aromatic heterocycles. The Balaban J connectivity index is 1.41. The summed E-state index contributed by atoms with van der Waals surface area (Å²) in [6.07, 6.45) is 4.49. The maximum atomic E-state index is 12.7. The number of nitrogens with zero attached hydrogens (tertiary/aromatic N) is 3. The number of benzene rings is 1. The molecule has 0 unspecified atom stereocenters. The van der Waals surface area contributed by atoms with Crippen molar-refractivity contribution in [1.82, 2.24) is 9.88 Å². The Labute approximate surface area is 171 Å². The molecule has 1 N–H and O–H groups in total. The second-order valence-electron chi connectivity index (χ2n) is 8.08. The molecular formula is C23H28N4O2. The van der Waals surface area contributed by atoms with Crippen LogP contribution < -0.4 is 10.2 Å². The van der Waals surface area contributed by atoms with Crippen LogP contribution in [0.25, 0.3) is 0 Å². The van der Waals surface area contributed by atoms with Gasteiger partial charge < -0.3 is 15.1 Å². The van der Waals surface area contributed by atoms with Gasteiger partial charge in [-0.1, -0.05) is 13.0 Å². The highest BCUT2D eigenvalue weighted by Gasteiger charge is 2.23. The summed E-state index contributed by atoms with van der Waals surface area (Å²) in [6, 6.07) is 12.9. The molecule has 3 heterocycles. The third-order valence-corrected chi connectivity index (χ3v) is 5.87.